The highest BCUT2D eigenvalue weighted by molar-refractivity contribution is 8.77. The Morgan fingerprint density at radius 2 is 2.10 bits per heavy atom. The van der Waals surface area contributed by atoms with Crippen molar-refractivity contribution in [1.82, 2.24) is 0 Å². The Labute approximate surface area is 70.2 Å². The van der Waals surface area contributed by atoms with E-state index in [1.165, 1.54) is 0 Å². The van der Waals surface area contributed by atoms with Crippen LogP contribution < -0.4 is 0 Å². The third kappa shape index (κ3) is 4.99. The molecule has 0 atom stereocenters. The minimum absolute atomic E-state index is 0.0649. The van der Waals surface area contributed by atoms with Gasteiger partial charge in [-0.2, -0.15) is 0 Å². The van der Waals surface area contributed by atoms with Gasteiger partial charge in [0.1, 0.15) is 7.11 Å². The van der Waals surface area contributed by atoms with Crippen LogP contribution >= 0.6 is 21.6 Å². The first-order valence-corrected chi connectivity index (χ1v) is 5.47. The topological polar surface area (TPSA) is 21.6 Å². The van der Waals surface area contributed by atoms with Crippen molar-refractivity contribution in [2.24, 2.45) is 5.16 Å². The molecule has 0 heterocycles. The molecule has 0 bridgehead atoms. The van der Waals surface area contributed by atoms with E-state index in [-0.39, 0.29) is 4.75 Å². The predicted molar refractivity (Wildman–Crippen MR) is 50.7 cm³/mol. The minimum Gasteiger partial charge on any atom is -0.399 e. The summed E-state index contributed by atoms with van der Waals surface area (Å²) in [6, 6.07) is 0. The van der Waals surface area contributed by atoms with E-state index in [0.29, 0.717) is 0 Å². The molecule has 0 aliphatic heterocycles. The van der Waals surface area contributed by atoms with Crippen molar-refractivity contribution in [3.05, 3.63) is 0 Å². The maximum Gasteiger partial charge on any atom is 0.106 e. The lowest BCUT2D eigenvalue weighted by Crippen LogP contribution is -2.14. The highest BCUT2D eigenvalue weighted by atomic mass is 33.1. The Morgan fingerprint density at radius 3 is 2.50 bits per heavy atom. The Kier molecular flexibility index (Phi) is 4.99. The van der Waals surface area contributed by atoms with Gasteiger partial charge in [-0.3, -0.25) is 0 Å². The summed E-state index contributed by atoms with van der Waals surface area (Å²) in [7, 11) is 5.04. The summed E-state index contributed by atoms with van der Waals surface area (Å²) < 4.78 is 0.0649. The molecule has 0 amide bonds. The van der Waals surface area contributed by atoms with E-state index in [1.54, 1.807) is 34.9 Å². The van der Waals surface area contributed by atoms with Gasteiger partial charge in [-0.05, 0) is 20.1 Å². The molecule has 0 aromatic rings. The van der Waals surface area contributed by atoms with Crippen molar-refractivity contribution in [3.8, 4) is 0 Å². The second kappa shape index (κ2) is 4.91. The number of hydrogen-bond donors (Lipinski definition) is 0. The molecule has 0 unspecified atom stereocenters. The van der Waals surface area contributed by atoms with Gasteiger partial charge in [0.15, 0.2) is 0 Å². The Bertz CT molecular complexity index is 114. The van der Waals surface area contributed by atoms with Crippen molar-refractivity contribution in [3.63, 3.8) is 0 Å². The van der Waals surface area contributed by atoms with Crippen molar-refractivity contribution in [2.45, 2.75) is 18.6 Å². The lowest BCUT2D eigenvalue weighted by atomic mass is 10.2. The monoisotopic (exact) mass is 179 g/mol. The molecule has 0 aliphatic rings. The predicted octanol–water partition coefficient (Wildman–Crippen LogP) is 2.41. The summed E-state index contributed by atoms with van der Waals surface area (Å²) in [5.74, 6) is 0. The van der Waals surface area contributed by atoms with Gasteiger partial charge in [0, 0.05) is 0 Å². The number of hydrogen-bond acceptors (Lipinski definition) is 4. The second-order valence-corrected chi connectivity index (χ2v) is 5.32. The highest BCUT2D eigenvalue weighted by Crippen LogP contribution is 2.31. The summed E-state index contributed by atoms with van der Waals surface area (Å²) in [5, 5.41) is 3.70. The van der Waals surface area contributed by atoms with Crippen LogP contribution in [0.5, 0.6) is 0 Å². The Balaban J connectivity index is 3.73. The molecule has 0 spiro atoms. The first-order chi connectivity index (χ1) is 4.62. The van der Waals surface area contributed by atoms with Gasteiger partial charge >= 0.3 is 0 Å². The van der Waals surface area contributed by atoms with Gasteiger partial charge in [0.05, 0.1) is 11.0 Å². The zero-order valence-corrected chi connectivity index (χ0v) is 8.38. The van der Waals surface area contributed by atoms with Crippen LogP contribution in [-0.4, -0.2) is 24.3 Å². The summed E-state index contributed by atoms with van der Waals surface area (Å²) in [6.07, 6.45) is 3.85. The number of rotatable bonds is 4. The van der Waals surface area contributed by atoms with E-state index < -0.39 is 0 Å². The van der Waals surface area contributed by atoms with Gasteiger partial charge in [0.25, 0.3) is 0 Å². The lowest BCUT2D eigenvalue weighted by Gasteiger charge is -2.14. The van der Waals surface area contributed by atoms with Gasteiger partial charge in [-0.25, -0.2) is 0 Å². The molecule has 0 aromatic heterocycles. The smallest absolute Gasteiger partial charge is 0.106 e. The molecule has 2 nitrogen and oxygen atoms in total. The van der Waals surface area contributed by atoms with Crippen molar-refractivity contribution in [1.29, 1.82) is 0 Å². The van der Waals surface area contributed by atoms with Crippen LogP contribution in [0, 0.1) is 0 Å². The zero-order chi connectivity index (χ0) is 8.04. The fourth-order valence-electron chi connectivity index (χ4n) is 0.416. The van der Waals surface area contributed by atoms with Gasteiger partial charge in [-0.15, -0.1) is 0 Å². The SMILES string of the molecule is CON=CC(C)(C)SSC. The first kappa shape index (κ1) is 10.2. The van der Waals surface area contributed by atoms with E-state index in [9.17, 15) is 0 Å². The maximum absolute atomic E-state index is 4.57. The average Bonchev–Trinajstić information content (AvgIpc) is 1.84. The second-order valence-electron chi connectivity index (χ2n) is 2.27. The molecular weight excluding hydrogens is 166 g/mol. The summed E-state index contributed by atoms with van der Waals surface area (Å²) in [6.45, 7) is 4.19. The van der Waals surface area contributed by atoms with Crippen molar-refractivity contribution < 1.29 is 4.84 Å². The van der Waals surface area contributed by atoms with Crippen LogP contribution in [-0.2, 0) is 4.84 Å². The van der Waals surface area contributed by atoms with Crippen LogP contribution in [0.4, 0.5) is 0 Å². The highest BCUT2D eigenvalue weighted by Gasteiger charge is 2.14. The third-order valence-corrected chi connectivity index (χ3v) is 3.26. The summed E-state index contributed by atoms with van der Waals surface area (Å²) in [5.41, 5.74) is 0. The molecule has 0 radical (unpaired) electrons. The number of nitrogens with zero attached hydrogens (tertiary/aromatic N) is 1. The van der Waals surface area contributed by atoms with Crippen LogP contribution in [0.3, 0.4) is 0 Å². The van der Waals surface area contributed by atoms with Gasteiger partial charge in [0.2, 0.25) is 0 Å². The van der Waals surface area contributed by atoms with Crippen molar-refractivity contribution >= 4 is 27.8 Å². The largest absolute Gasteiger partial charge is 0.399 e. The minimum atomic E-state index is 0.0649. The molecule has 0 saturated heterocycles. The molecule has 0 N–H and O–H groups in total. The molecule has 0 fully saturated rings. The quantitative estimate of drug-likeness (QED) is 0.376. The average molecular weight is 179 g/mol. The van der Waals surface area contributed by atoms with Gasteiger partial charge in [-0.1, -0.05) is 26.7 Å². The zero-order valence-electron chi connectivity index (χ0n) is 6.75. The summed E-state index contributed by atoms with van der Waals surface area (Å²) >= 11 is 0. The Hall–Kier alpha value is 0.170. The van der Waals surface area contributed by atoms with Crippen LogP contribution in [0.15, 0.2) is 5.16 Å². The maximum atomic E-state index is 4.57. The van der Waals surface area contributed by atoms with E-state index in [4.69, 9.17) is 0 Å². The fourth-order valence-corrected chi connectivity index (χ4v) is 2.35. The standard InChI is InChI=1S/C6H13NOS2/c1-6(2,10-9-4)5-7-8-3/h5H,1-4H3. The Morgan fingerprint density at radius 1 is 1.50 bits per heavy atom. The molecule has 60 valence electrons. The van der Waals surface area contributed by atoms with Crippen LogP contribution in [0.25, 0.3) is 0 Å². The molecule has 0 aromatic carbocycles. The number of oxime groups is 1. The molecule has 0 aliphatic carbocycles. The molecule has 0 saturated carbocycles. The van der Waals surface area contributed by atoms with E-state index in [1.807, 2.05) is 6.26 Å². The molecule has 10 heavy (non-hydrogen) atoms. The molecular formula is C6H13NOS2. The van der Waals surface area contributed by atoms with E-state index >= 15 is 0 Å². The molecule has 0 rings (SSSR count). The van der Waals surface area contributed by atoms with Crippen LogP contribution in [0.1, 0.15) is 13.8 Å². The lowest BCUT2D eigenvalue weighted by molar-refractivity contribution is 0.214. The normalized spacial score (nSPS) is 12.4. The van der Waals surface area contributed by atoms with Crippen molar-refractivity contribution in [2.75, 3.05) is 13.4 Å². The first-order valence-electron chi connectivity index (χ1n) is 2.92. The van der Waals surface area contributed by atoms with Gasteiger partial charge < -0.3 is 4.84 Å². The third-order valence-electron chi connectivity index (χ3n) is 0.767. The van der Waals surface area contributed by atoms with E-state index in [0.717, 1.165) is 0 Å². The fraction of sp³-hybridized carbons (Fsp3) is 0.833. The summed E-state index contributed by atoms with van der Waals surface area (Å²) in [4.78, 5) is 4.57. The van der Waals surface area contributed by atoms with E-state index in [2.05, 4.69) is 23.8 Å². The molecule has 4 heteroatoms. The van der Waals surface area contributed by atoms with Crippen LogP contribution in [0.2, 0.25) is 0 Å².